The number of carbonyl (C=O) groups is 2. The molecule has 1 amide bonds. The van der Waals surface area contributed by atoms with Crippen LogP contribution in [0.15, 0.2) is 0 Å². The van der Waals surface area contributed by atoms with Crippen molar-refractivity contribution in [2.45, 2.75) is 32.1 Å². The van der Waals surface area contributed by atoms with Gasteiger partial charge in [-0.05, 0) is 49.0 Å². The molecule has 0 radical (unpaired) electrons. The van der Waals surface area contributed by atoms with Crippen LogP contribution in [0.4, 0.5) is 0 Å². The number of carbonyl (C=O) groups excluding carboxylic acids is 1. The molecule has 4 nitrogen and oxygen atoms in total. The average molecular weight is 271 g/mol. The van der Waals surface area contributed by atoms with Gasteiger partial charge >= 0.3 is 5.97 Å². The minimum absolute atomic E-state index is 0.0428. The minimum atomic E-state index is -0.900. The van der Waals surface area contributed by atoms with E-state index in [9.17, 15) is 9.59 Å². The van der Waals surface area contributed by atoms with Crippen molar-refractivity contribution in [2.75, 3.05) is 24.6 Å². The van der Waals surface area contributed by atoms with Gasteiger partial charge in [0.15, 0.2) is 0 Å². The van der Waals surface area contributed by atoms with Gasteiger partial charge in [-0.15, -0.1) is 0 Å². The topological polar surface area (TPSA) is 57.6 Å². The Morgan fingerprint density at radius 1 is 1.11 bits per heavy atom. The number of rotatable bonds is 6. The first kappa shape index (κ1) is 13.7. The highest BCUT2D eigenvalue weighted by atomic mass is 32.2. The maximum absolute atomic E-state index is 12.2. The molecular formula is C13H21NO3S. The largest absolute Gasteiger partial charge is 0.480 e. The van der Waals surface area contributed by atoms with Gasteiger partial charge in [0.25, 0.3) is 0 Å². The number of carboxylic acid groups (broad SMARTS) is 1. The van der Waals surface area contributed by atoms with Crippen LogP contribution < -0.4 is 0 Å². The Kier molecular flexibility index (Phi) is 4.92. The van der Waals surface area contributed by atoms with Crippen molar-refractivity contribution in [1.29, 1.82) is 0 Å². The maximum Gasteiger partial charge on any atom is 0.323 e. The van der Waals surface area contributed by atoms with E-state index < -0.39 is 5.97 Å². The molecule has 0 unspecified atom stereocenters. The lowest BCUT2D eigenvalue weighted by Crippen LogP contribution is -2.38. The molecule has 2 aliphatic rings. The smallest absolute Gasteiger partial charge is 0.323 e. The molecule has 0 aromatic heterocycles. The standard InChI is InChI=1S/C13H21NO3S/c15-12(7-10-3-5-18-6-4-10)14(9-13(16)17)8-11-1-2-11/h10-11H,1-9H2,(H,16,17). The van der Waals surface area contributed by atoms with Gasteiger partial charge in [-0.2, -0.15) is 11.8 Å². The zero-order chi connectivity index (χ0) is 13.0. The fraction of sp³-hybridized carbons (Fsp3) is 0.846. The number of thioether (sulfide) groups is 1. The second-order valence-corrected chi connectivity index (χ2v) is 6.60. The molecule has 1 heterocycles. The highest BCUT2D eigenvalue weighted by Gasteiger charge is 2.29. The zero-order valence-corrected chi connectivity index (χ0v) is 11.5. The second-order valence-electron chi connectivity index (χ2n) is 5.37. The normalized spacial score (nSPS) is 20.7. The van der Waals surface area contributed by atoms with Gasteiger partial charge in [-0.3, -0.25) is 9.59 Å². The van der Waals surface area contributed by atoms with E-state index in [0.29, 0.717) is 24.8 Å². The van der Waals surface area contributed by atoms with Crippen LogP contribution in [0.2, 0.25) is 0 Å². The van der Waals surface area contributed by atoms with Gasteiger partial charge < -0.3 is 10.0 Å². The summed E-state index contributed by atoms with van der Waals surface area (Å²) in [6, 6.07) is 0. The first-order chi connectivity index (χ1) is 8.65. The van der Waals surface area contributed by atoms with Crippen molar-refractivity contribution in [3.05, 3.63) is 0 Å². The number of hydrogen-bond donors (Lipinski definition) is 1. The highest BCUT2D eigenvalue weighted by molar-refractivity contribution is 7.99. The van der Waals surface area contributed by atoms with Crippen LogP contribution in [0.3, 0.4) is 0 Å². The van der Waals surface area contributed by atoms with Crippen molar-refractivity contribution < 1.29 is 14.7 Å². The van der Waals surface area contributed by atoms with E-state index in [0.717, 1.165) is 37.2 Å². The lowest BCUT2D eigenvalue weighted by atomic mass is 9.98. The zero-order valence-electron chi connectivity index (χ0n) is 10.6. The third-order valence-corrected chi connectivity index (χ3v) is 4.71. The Bertz CT molecular complexity index is 311. The molecule has 1 saturated heterocycles. The molecule has 1 aliphatic carbocycles. The molecule has 1 N–H and O–H groups in total. The van der Waals surface area contributed by atoms with Gasteiger partial charge in [-0.25, -0.2) is 0 Å². The van der Waals surface area contributed by atoms with Crippen LogP contribution in [0.5, 0.6) is 0 Å². The van der Waals surface area contributed by atoms with Crippen molar-refractivity contribution in [3.8, 4) is 0 Å². The fourth-order valence-corrected chi connectivity index (χ4v) is 3.56. The van der Waals surface area contributed by atoms with E-state index in [1.165, 1.54) is 0 Å². The minimum Gasteiger partial charge on any atom is -0.480 e. The van der Waals surface area contributed by atoms with Crippen LogP contribution in [0.25, 0.3) is 0 Å². The van der Waals surface area contributed by atoms with Crippen LogP contribution in [0, 0.1) is 11.8 Å². The fourth-order valence-electron chi connectivity index (χ4n) is 2.36. The molecule has 102 valence electrons. The summed E-state index contributed by atoms with van der Waals surface area (Å²) in [5, 5.41) is 8.87. The molecule has 2 fully saturated rings. The first-order valence-corrected chi connectivity index (χ1v) is 7.88. The van der Waals surface area contributed by atoms with E-state index in [4.69, 9.17) is 5.11 Å². The van der Waals surface area contributed by atoms with E-state index >= 15 is 0 Å². The Balaban J connectivity index is 1.82. The summed E-state index contributed by atoms with van der Waals surface area (Å²) >= 11 is 1.95. The predicted molar refractivity (Wildman–Crippen MR) is 71.6 cm³/mol. The Morgan fingerprint density at radius 3 is 2.33 bits per heavy atom. The molecular weight excluding hydrogens is 250 g/mol. The third kappa shape index (κ3) is 4.52. The predicted octanol–water partition coefficient (Wildman–Crippen LogP) is 1.84. The lowest BCUT2D eigenvalue weighted by molar-refractivity contribution is -0.145. The average Bonchev–Trinajstić information content (AvgIpc) is 3.13. The summed E-state index contributed by atoms with van der Waals surface area (Å²) in [5.74, 6) is 2.44. The van der Waals surface area contributed by atoms with Crippen molar-refractivity contribution in [1.82, 2.24) is 4.90 Å². The molecule has 1 saturated carbocycles. The van der Waals surface area contributed by atoms with Gasteiger partial charge in [0.05, 0.1) is 0 Å². The molecule has 0 atom stereocenters. The SMILES string of the molecule is O=C(O)CN(CC1CC1)C(=O)CC1CCSCC1. The third-order valence-electron chi connectivity index (χ3n) is 3.66. The molecule has 5 heteroatoms. The molecule has 0 aromatic carbocycles. The molecule has 18 heavy (non-hydrogen) atoms. The first-order valence-electron chi connectivity index (χ1n) is 6.72. The van der Waals surface area contributed by atoms with E-state index in [1.807, 2.05) is 11.8 Å². The van der Waals surface area contributed by atoms with Crippen LogP contribution >= 0.6 is 11.8 Å². The van der Waals surface area contributed by atoms with Crippen molar-refractivity contribution in [3.63, 3.8) is 0 Å². The number of nitrogens with zero attached hydrogens (tertiary/aromatic N) is 1. The van der Waals surface area contributed by atoms with Gasteiger partial charge in [0, 0.05) is 13.0 Å². The van der Waals surface area contributed by atoms with E-state index in [2.05, 4.69) is 0 Å². The summed E-state index contributed by atoms with van der Waals surface area (Å²) in [4.78, 5) is 24.5. The molecule has 1 aliphatic heterocycles. The summed E-state index contributed by atoms with van der Waals surface area (Å²) in [7, 11) is 0. The van der Waals surface area contributed by atoms with E-state index in [1.54, 1.807) is 4.90 Å². The number of amides is 1. The number of carboxylic acids is 1. The number of aliphatic carboxylic acids is 1. The maximum atomic E-state index is 12.2. The Hall–Kier alpha value is -0.710. The van der Waals surface area contributed by atoms with Crippen molar-refractivity contribution in [2.24, 2.45) is 11.8 Å². The molecule has 0 bridgehead atoms. The van der Waals surface area contributed by atoms with Crippen molar-refractivity contribution >= 4 is 23.6 Å². The summed E-state index contributed by atoms with van der Waals surface area (Å²) in [6.07, 6.45) is 5.02. The summed E-state index contributed by atoms with van der Waals surface area (Å²) < 4.78 is 0. The molecule has 0 spiro atoms. The molecule has 0 aromatic rings. The second kappa shape index (κ2) is 6.45. The summed E-state index contributed by atoms with van der Waals surface area (Å²) in [6.45, 7) is 0.517. The van der Waals surface area contributed by atoms with Crippen LogP contribution in [-0.2, 0) is 9.59 Å². The van der Waals surface area contributed by atoms with Gasteiger partial charge in [0.1, 0.15) is 6.54 Å². The Labute approximate surface area is 112 Å². The Morgan fingerprint density at radius 2 is 1.78 bits per heavy atom. The monoisotopic (exact) mass is 271 g/mol. The highest BCUT2D eigenvalue weighted by Crippen LogP contribution is 2.31. The van der Waals surface area contributed by atoms with Gasteiger partial charge in [-0.1, -0.05) is 0 Å². The van der Waals surface area contributed by atoms with Gasteiger partial charge in [0.2, 0.25) is 5.91 Å². The quantitative estimate of drug-likeness (QED) is 0.801. The van der Waals surface area contributed by atoms with Crippen LogP contribution in [0.1, 0.15) is 32.1 Å². The number of hydrogen-bond acceptors (Lipinski definition) is 3. The molecule has 2 rings (SSSR count). The summed E-state index contributed by atoms with van der Waals surface area (Å²) in [5.41, 5.74) is 0. The lowest BCUT2D eigenvalue weighted by Gasteiger charge is -2.25. The van der Waals surface area contributed by atoms with E-state index in [-0.39, 0.29) is 12.5 Å². The van der Waals surface area contributed by atoms with Crippen LogP contribution in [-0.4, -0.2) is 46.5 Å².